The molecule has 0 amide bonds. The lowest BCUT2D eigenvalue weighted by Gasteiger charge is -2.21. The van der Waals surface area contributed by atoms with Gasteiger partial charge in [-0.3, -0.25) is 0 Å². The van der Waals surface area contributed by atoms with E-state index in [2.05, 4.69) is 42.9 Å². The van der Waals surface area contributed by atoms with Crippen LogP contribution in [0.2, 0.25) is 0 Å². The number of H-pyrrole nitrogens is 1. The smallest absolute Gasteiger partial charge is 0.103 e. The first-order valence-electron chi connectivity index (χ1n) is 9.80. The van der Waals surface area contributed by atoms with Crippen molar-refractivity contribution in [3.8, 4) is 11.3 Å². The second-order valence-corrected chi connectivity index (χ2v) is 5.68. The molecule has 0 atom stereocenters. The van der Waals surface area contributed by atoms with E-state index in [1.54, 1.807) is 11.1 Å². The number of hydrogen-bond acceptors (Lipinski definition) is 1. The van der Waals surface area contributed by atoms with Gasteiger partial charge in [0.15, 0.2) is 0 Å². The van der Waals surface area contributed by atoms with E-state index in [0.717, 1.165) is 5.82 Å². The van der Waals surface area contributed by atoms with Crippen LogP contribution in [0.4, 0.5) is 0 Å². The maximum absolute atomic E-state index is 4.31. The zero-order valence-corrected chi connectivity index (χ0v) is 17.2. The fourth-order valence-corrected chi connectivity index (χ4v) is 2.86. The van der Waals surface area contributed by atoms with E-state index < -0.39 is 0 Å². The van der Waals surface area contributed by atoms with E-state index in [1.807, 2.05) is 40.8 Å². The predicted octanol–water partition coefficient (Wildman–Crippen LogP) is 7.29. The summed E-state index contributed by atoms with van der Waals surface area (Å²) >= 11 is 0. The van der Waals surface area contributed by atoms with Gasteiger partial charge in [0.05, 0.1) is 11.9 Å². The van der Waals surface area contributed by atoms with Crippen molar-refractivity contribution in [1.29, 1.82) is 0 Å². The standard InChI is InChI=1S/C15H18N2.C3H8.2C2H6.H2/c1-10-7-8-14(15-9-16-11(2)17-15)13-6-4-3-5-12(10)13;1-3-2;2*1-2;/h7-9H,3-6H2,1-2H3,(H,16,17);3H2,1-2H3;2*1-2H3;1H. The van der Waals surface area contributed by atoms with Crippen molar-refractivity contribution in [3.05, 3.63) is 40.8 Å². The minimum Gasteiger partial charge on any atom is -0.342 e. The Morgan fingerprint density at radius 2 is 1.50 bits per heavy atom. The molecule has 2 aromatic rings. The zero-order valence-electron chi connectivity index (χ0n) is 17.2. The van der Waals surface area contributed by atoms with Crippen molar-refractivity contribution in [2.75, 3.05) is 0 Å². The molecule has 0 saturated carbocycles. The summed E-state index contributed by atoms with van der Waals surface area (Å²) in [5.74, 6) is 0.991. The number of nitrogens with zero attached hydrogens (tertiary/aromatic N) is 1. The van der Waals surface area contributed by atoms with Gasteiger partial charge in [-0.15, -0.1) is 0 Å². The summed E-state index contributed by atoms with van der Waals surface area (Å²) in [4.78, 5) is 7.66. The molecule has 2 heteroatoms. The molecule has 0 bridgehead atoms. The van der Waals surface area contributed by atoms with E-state index in [-0.39, 0.29) is 1.43 Å². The van der Waals surface area contributed by atoms with Crippen molar-refractivity contribution in [2.24, 2.45) is 0 Å². The average molecular weight is 333 g/mol. The lowest BCUT2D eigenvalue weighted by Crippen LogP contribution is -2.06. The summed E-state index contributed by atoms with van der Waals surface area (Å²) in [6.07, 6.45) is 8.30. The molecule has 1 aromatic carbocycles. The average Bonchev–Trinajstić information content (AvgIpc) is 3.06. The van der Waals surface area contributed by atoms with Crippen LogP contribution >= 0.6 is 0 Å². The lowest BCUT2D eigenvalue weighted by molar-refractivity contribution is 0.683. The second kappa shape index (κ2) is 12.8. The third-order valence-electron chi connectivity index (χ3n) is 3.76. The fourth-order valence-electron chi connectivity index (χ4n) is 2.86. The van der Waals surface area contributed by atoms with Crippen LogP contribution in [-0.2, 0) is 12.8 Å². The van der Waals surface area contributed by atoms with Gasteiger partial charge in [-0.25, -0.2) is 4.98 Å². The van der Waals surface area contributed by atoms with E-state index in [1.165, 1.54) is 48.9 Å². The molecule has 0 fully saturated rings. The molecular weight excluding hydrogens is 292 g/mol. The van der Waals surface area contributed by atoms with Gasteiger partial charge in [0.25, 0.3) is 0 Å². The number of aromatic amines is 1. The zero-order chi connectivity index (χ0) is 18.5. The molecule has 0 aliphatic heterocycles. The maximum Gasteiger partial charge on any atom is 0.103 e. The number of aryl methyl sites for hydroxylation is 2. The number of aromatic nitrogens is 2. The fraction of sp³-hybridized carbons (Fsp3) is 0.591. The number of rotatable bonds is 1. The molecule has 1 heterocycles. The summed E-state index contributed by atoms with van der Waals surface area (Å²) in [6, 6.07) is 4.49. The van der Waals surface area contributed by atoms with E-state index in [4.69, 9.17) is 0 Å². The Labute approximate surface area is 151 Å². The highest BCUT2D eigenvalue weighted by Gasteiger charge is 2.16. The van der Waals surface area contributed by atoms with E-state index >= 15 is 0 Å². The molecular formula is C22H40N2. The molecule has 0 spiro atoms. The Morgan fingerprint density at radius 1 is 0.958 bits per heavy atom. The summed E-state index contributed by atoms with van der Waals surface area (Å²) in [5.41, 5.74) is 7.08. The highest BCUT2D eigenvalue weighted by molar-refractivity contribution is 5.66. The van der Waals surface area contributed by atoms with Gasteiger partial charge in [0.2, 0.25) is 0 Å². The molecule has 0 saturated heterocycles. The number of nitrogens with one attached hydrogen (secondary N) is 1. The van der Waals surface area contributed by atoms with Gasteiger partial charge in [0.1, 0.15) is 5.82 Å². The van der Waals surface area contributed by atoms with Crippen molar-refractivity contribution in [2.45, 2.75) is 87.5 Å². The first-order valence-corrected chi connectivity index (χ1v) is 9.80. The molecule has 1 aliphatic rings. The second-order valence-electron chi connectivity index (χ2n) is 5.68. The molecule has 1 aromatic heterocycles. The van der Waals surface area contributed by atoms with Gasteiger partial charge in [-0.1, -0.05) is 60.1 Å². The molecule has 3 rings (SSSR count). The number of hydrogen-bond donors (Lipinski definition) is 1. The minimum absolute atomic E-state index is 0. The molecule has 0 unspecified atom stereocenters. The molecule has 1 aliphatic carbocycles. The SMILES string of the molecule is CC.CC.CCC.Cc1ncc(-c2ccc(C)c3c2CCCC3)[nH]1.[HH]. The highest BCUT2D eigenvalue weighted by Crippen LogP contribution is 2.32. The quantitative estimate of drug-likeness (QED) is 0.583. The van der Waals surface area contributed by atoms with Crippen molar-refractivity contribution in [3.63, 3.8) is 0 Å². The lowest BCUT2D eigenvalue weighted by atomic mass is 9.85. The maximum atomic E-state index is 4.31. The Morgan fingerprint density at radius 3 is 2.00 bits per heavy atom. The van der Waals surface area contributed by atoms with Crippen LogP contribution in [-0.4, -0.2) is 9.97 Å². The van der Waals surface area contributed by atoms with E-state index in [9.17, 15) is 0 Å². The van der Waals surface area contributed by atoms with Gasteiger partial charge in [0, 0.05) is 6.99 Å². The van der Waals surface area contributed by atoms with Gasteiger partial charge in [-0.05, 0) is 56.2 Å². The monoisotopic (exact) mass is 332 g/mol. The van der Waals surface area contributed by atoms with Gasteiger partial charge < -0.3 is 4.98 Å². The summed E-state index contributed by atoms with van der Waals surface area (Å²) < 4.78 is 0. The first-order chi connectivity index (χ1) is 11.7. The topological polar surface area (TPSA) is 28.7 Å². The van der Waals surface area contributed by atoms with Crippen LogP contribution in [0.15, 0.2) is 18.3 Å². The predicted molar refractivity (Wildman–Crippen MR) is 111 cm³/mol. The van der Waals surface area contributed by atoms with Gasteiger partial charge in [-0.2, -0.15) is 0 Å². The van der Waals surface area contributed by atoms with E-state index in [0.29, 0.717) is 0 Å². The number of benzene rings is 1. The van der Waals surface area contributed by atoms with Crippen LogP contribution in [0.5, 0.6) is 0 Å². The molecule has 1 N–H and O–H groups in total. The van der Waals surface area contributed by atoms with Crippen LogP contribution in [0, 0.1) is 13.8 Å². The third kappa shape index (κ3) is 6.14. The third-order valence-corrected chi connectivity index (χ3v) is 3.76. The Bertz CT molecular complexity index is 573. The van der Waals surface area contributed by atoms with Crippen molar-refractivity contribution >= 4 is 0 Å². The number of fused-ring (bicyclic) bond motifs is 1. The highest BCUT2D eigenvalue weighted by atomic mass is 14.9. The van der Waals surface area contributed by atoms with Crippen molar-refractivity contribution < 1.29 is 1.43 Å². The molecule has 24 heavy (non-hydrogen) atoms. The van der Waals surface area contributed by atoms with Crippen molar-refractivity contribution in [1.82, 2.24) is 9.97 Å². The summed E-state index contributed by atoms with van der Waals surface area (Å²) in [7, 11) is 0. The van der Waals surface area contributed by atoms with Crippen LogP contribution < -0.4 is 0 Å². The minimum atomic E-state index is 0. The first kappa shape index (κ1) is 22.4. The number of imidazole rings is 1. The van der Waals surface area contributed by atoms with Crippen LogP contribution in [0.25, 0.3) is 11.3 Å². The Hall–Kier alpha value is -1.57. The van der Waals surface area contributed by atoms with Gasteiger partial charge >= 0.3 is 0 Å². The molecule has 2 nitrogen and oxygen atoms in total. The molecule has 0 radical (unpaired) electrons. The summed E-state index contributed by atoms with van der Waals surface area (Å²) in [5, 5.41) is 0. The normalized spacial score (nSPS) is 11.7. The summed E-state index contributed by atoms with van der Waals surface area (Å²) in [6.45, 7) is 16.5. The molecule has 138 valence electrons. The Balaban J connectivity index is 0. The van der Waals surface area contributed by atoms with Crippen LogP contribution in [0.1, 0.15) is 84.7 Å². The largest absolute Gasteiger partial charge is 0.342 e. The Kier molecular flexibility index (Phi) is 12.0. The van der Waals surface area contributed by atoms with Crippen LogP contribution in [0.3, 0.4) is 0 Å².